The number of carbonyl (C=O) groups excluding carboxylic acids is 6. The van der Waals surface area contributed by atoms with E-state index in [1.54, 1.807) is 64.1 Å². The number of ether oxygens (including phenoxy) is 3. The van der Waals surface area contributed by atoms with E-state index in [1.165, 1.54) is 36.4 Å². The van der Waals surface area contributed by atoms with Crippen LogP contribution >= 0.6 is 0 Å². The highest BCUT2D eigenvalue weighted by Crippen LogP contribution is 2.30. The van der Waals surface area contributed by atoms with Gasteiger partial charge < -0.3 is 14.2 Å². The lowest BCUT2D eigenvalue weighted by Crippen LogP contribution is -2.37. The molecule has 0 saturated heterocycles. The van der Waals surface area contributed by atoms with Crippen molar-refractivity contribution in [3.63, 3.8) is 0 Å². The minimum absolute atomic E-state index is 0.109. The summed E-state index contributed by atoms with van der Waals surface area (Å²) in [5, 5.41) is 7.69. The van der Waals surface area contributed by atoms with Gasteiger partial charge in [0.2, 0.25) is 18.2 Å². The molecule has 15 nitrogen and oxygen atoms in total. The quantitative estimate of drug-likeness (QED) is 0.0890. The molecule has 254 valence electrons. The number of isocyanates is 3. The van der Waals surface area contributed by atoms with Crippen LogP contribution in [0.15, 0.2) is 69.6 Å². The number of amides is 3. The standard InChI is InChI=1S/C34H34N6O9/c1-5-34(17-48-32(45)39-26-10-7-23(3)29(15-26)36-20-42,18-49-33(46)40-27-11-8-24(4)30(16-27)37-21-43)12-13-47-31(44)38-25-9-6-22(2)28(14-25)35-19-41/h6-11,14-16H,5,12-13,17-18H2,1-4H3,(H,38,44)(H,39,45)(H,40,46). The fraction of sp³-hybridized carbons (Fsp3) is 0.294. The lowest BCUT2D eigenvalue weighted by atomic mass is 9.83. The van der Waals surface area contributed by atoms with Gasteiger partial charge in [-0.2, -0.15) is 15.0 Å². The Bertz CT molecular complexity index is 1760. The molecule has 3 N–H and O–H groups in total. The fourth-order valence-corrected chi connectivity index (χ4v) is 4.40. The smallest absolute Gasteiger partial charge is 0.411 e. The van der Waals surface area contributed by atoms with Gasteiger partial charge in [-0.05, 0) is 86.7 Å². The van der Waals surface area contributed by atoms with Crippen LogP contribution in [0.1, 0.15) is 36.5 Å². The normalized spacial score (nSPS) is 11.3. The van der Waals surface area contributed by atoms with Gasteiger partial charge in [-0.3, -0.25) is 16.0 Å². The average Bonchev–Trinajstić information content (AvgIpc) is 3.07. The van der Waals surface area contributed by atoms with Crippen LogP contribution in [0.2, 0.25) is 0 Å². The summed E-state index contributed by atoms with van der Waals surface area (Å²) in [7, 11) is 0. The third-order valence-corrected chi connectivity index (χ3v) is 7.50. The zero-order chi connectivity index (χ0) is 35.8. The zero-order valence-corrected chi connectivity index (χ0v) is 27.2. The average molecular weight is 671 g/mol. The van der Waals surface area contributed by atoms with Crippen LogP contribution in [0.4, 0.5) is 48.5 Å². The number of anilines is 3. The summed E-state index contributed by atoms with van der Waals surface area (Å²) in [6.07, 6.45) is 2.37. The van der Waals surface area contributed by atoms with Crippen molar-refractivity contribution in [1.29, 1.82) is 0 Å². The molecule has 0 radical (unpaired) electrons. The summed E-state index contributed by atoms with van der Waals surface area (Å²) in [6, 6.07) is 14.2. The Morgan fingerprint density at radius 2 is 0.959 bits per heavy atom. The first kappa shape index (κ1) is 37.1. The minimum Gasteiger partial charge on any atom is -0.449 e. The molecule has 3 aromatic carbocycles. The molecule has 0 unspecified atom stereocenters. The molecular formula is C34H34N6O9. The van der Waals surface area contributed by atoms with E-state index in [0.717, 1.165) is 0 Å². The van der Waals surface area contributed by atoms with Crippen LogP contribution in [0.3, 0.4) is 0 Å². The summed E-state index contributed by atoms with van der Waals surface area (Å²) < 4.78 is 16.4. The molecular weight excluding hydrogens is 636 g/mol. The molecule has 0 atom stereocenters. The second kappa shape index (κ2) is 18.1. The number of hydrogen-bond acceptors (Lipinski definition) is 12. The van der Waals surface area contributed by atoms with Crippen molar-refractivity contribution < 1.29 is 43.0 Å². The van der Waals surface area contributed by atoms with Crippen molar-refractivity contribution in [2.45, 2.75) is 40.5 Å². The van der Waals surface area contributed by atoms with Crippen LogP contribution in [0.25, 0.3) is 0 Å². The summed E-state index contributed by atoms with van der Waals surface area (Å²) in [4.78, 5) is 81.1. The van der Waals surface area contributed by atoms with Gasteiger partial charge >= 0.3 is 18.3 Å². The maximum Gasteiger partial charge on any atom is 0.411 e. The monoisotopic (exact) mass is 670 g/mol. The molecule has 0 spiro atoms. The van der Waals surface area contributed by atoms with Crippen LogP contribution in [-0.4, -0.2) is 56.3 Å². The molecule has 15 heteroatoms. The topological polar surface area (TPSA) is 203 Å². The first-order chi connectivity index (χ1) is 23.5. The molecule has 0 aliphatic carbocycles. The number of aryl methyl sites for hydroxylation is 3. The Balaban J connectivity index is 1.70. The van der Waals surface area contributed by atoms with Crippen molar-refractivity contribution in [1.82, 2.24) is 0 Å². The third-order valence-electron chi connectivity index (χ3n) is 7.50. The van der Waals surface area contributed by atoms with Gasteiger partial charge in [0.1, 0.15) is 13.2 Å². The first-order valence-electron chi connectivity index (χ1n) is 14.9. The Kier molecular flexibility index (Phi) is 13.7. The highest BCUT2D eigenvalue weighted by Gasteiger charge is 2.33. The summed E-state index contributed by atoms with van der Waals surface area (Å²) in [6.45, 7) is 6.37. The molecule has 0 aliphatic heterocycles. The molecule has 0 aromatic heterocycles. The number of nitrogens with one attached hydrogen (secondary N) is 3. The second-order valence-corrected chi connectivity index (χ2v) is 10.9. The molecule has 3 rings (SSSR count). The molecule has 0 heterocycles. The van der Waals surface area contributed by atoms with Crippen LogP contribution in [-0.2, 0) is 28.6 Å². The van der Waals surface area contributed by atoms with Crippen molar-refractivity contribution in [2.24, 2.45) is 20.4 Å². The van der Waals surface area contributed by atoms with E-state index in [4.69, 9.17) is 14.2 Å². The van der Waals surface area contributed by atoms with Crippen molar-refractivity contribution >= 4 is 70.6 Å². The molecule has 3 aromatic rings. The fourth-order valence-electron chi connectivity index (χ4n) is 4.40. The Labute approximate surface area is 281 Å². The molecule has 3 amide bonds. The molecule has 0 bridgehead atoms. The Morgan fingerprint density at radius 3 is 1.29 bits per heavy atom. The number of aliphatic imine (C=N–C) groups is 3. The van der Waals surface area contributed by atoms with Crippen LogP contribution in [0, 0.1) is 26.2 Å². The van der Waals surface area contributed by atoms with Gasteiger partial charge in [0, 0.05) is 22.5 Å². The SMILES string of the molecule is CCC(CCOC(=O)Nc1ccc(C)c(N=C=O)c1)(COC(=O)Nc1ccc(C)c(N=C=O)c1)COC(=O)Nc1ccc(C)c(N=C=O)c1. The number of benzene rings is 3. The van der Waals surface area contributed by atoms with Crippen LogP contribution in [0.5, 0.6) is 0 Å². The number of hydrogen-bond donors (Lipinski definition) is 3. The van der Waals surface area contributed by atoms with E-state index >= 15 is 0 Å². The van der Waals surface area contributed by atoms with E-state index in [9.17, 15) is 28.8 Å². The van der Waals surface area contributed by atoms with Gasteiger partial charge in [-0.1, -0.05) is 25.1 Å². The molecule has 0 fully saturated rings. The predicted octanol–water partition coefficient (Wildman–Crippen LogP) is 7.35. The van der Waals surface area contributed by atoms with E-state index in [2.05, 4.69) is 30.9 Å². The Hall–Kier alpha value is -6.39. The number of carbonyl (C=O) groups is 3. The van der Waals surface area contributed by atoms with E-state index in [1.807, 2.05) is 0 Å². The Morgan fingerprint density at radius 1 is 0.612 bits per heavy atom. The highest BCUT2D eigenvalue weighted by atomic mass is 16.6. The van der Waals surface area contributed by atoms with Gasteiger partial charge in [-0.25, -0.2) is 28.8 Å². The predicted molar refractivity (Wildman–Crippen MR) is 179 cm³/mol. The van der Waals surface area contributed by atoms with Crippen LogP contribution < -0.4 is 16.0 Å². The molecule has 0 aliphatic rings. The van der Waals surface area contributed by atoms with Gasteiger partial charge in [0.05, 0.1) is 23.7 Å². The van der Waals surface area contributed by atoms with E-state index in [-0.39, 0.29) is 26.2 Å². The number of nitrogens with zero attached hydrogens (tertiary/aromatic N) is 3. The third kappa shape index (κ3) is 11.4. The van der Waals surface area contributed by atoms with Crippen molar-refractivity contribution in [3.8, 4) is 0 Å². The second-order valence-electron chi connectivity index (χ2n) is 10.9. The molecule has 49 heavy (non-hydrogen) atoms. The lowest BCUT2D eigenvalue weighted by Gasteiger charge is -2.31. The zero-order valence-electron chi connectivity index (χ0n) is 27.2. The lowest BCUT2D eigenvalue weighted by molar-refractivity contribution is 0.0130. The molecule has 0 saturated carbocycles. The summed E-state index contributed by atoms with van der Waals surface area (Å²) in [5.41, 5.74) is 3.04. The summed E-state index contributed by atoms with van der Waals surface area (Å²) in [5.74, 6) is 0. The maximum absolute atomic E-state index is 12.8. The summed E-state index contributed by atoms with van der Waals surface area (Å²) >= 11 is 0. The number of rotatable bonds is 14. The van der Waals surface area contributed by atoms with Gasteiger partial charge in [-0.15, -0.1) is 0 Å². The minimum atomic E-state index is -1.01. The highest BCUT2D eigenvalue weighted by molar-refractivity contribution is 5.87. The van der Waals surface area contributed by atoms with Gasteiger partial charge in [0.15, 0.2) is 0 Å². The van der Waals surface area contributed by atoms with E-state index < -0.39 is 23.7 Å². The van der Waals surface area contributed by atoms with E-state index in [0.29, 0.717) is 57.2 Å². The van der Waals surface area contributed by atoms with Crippen molar-refractivity contribution in [3.05, 3.63) is 71.3 Å². The van der Waals surface area contributed by atoms with Gasteiger partial charge in [0.25, 0.3) is 0 Å². The maximum atomic E-state index is 12.8. The largest absolute Gasteiger partial charge is 0.449 e. The first-order valence-corrected chi connectivity index (χ1v) is 14.9. The van der Waals surface area contributed by atoms with Crippen molar-refractivity contribution in [2.75, 3.05) is 35.8 Å².